The van der Waals surface area contributed by atoms with Gasteiger partial charge in [0.15, 0.2) is 0 Å². The van der Waals surface area contributed by atoms with Crippen LogP contribution in [0.2, 0.25) is 0 Å². The molecule has 5 nitrogen and oxygen atoms in total. The molecule has 0 saturated heterocycles. The van der Waals surface area contributed by atoms with Crippen LogP contribution < -0.4 is 14.7 Å². The topological polar surface area (TPSA) is 70.9 Å². The molecule has 1 atom stereocenters. The molecule has 0 saturated carbocycles. The van der Waals surface area contributed by atoms with Gasteiger partial charge in [-0.1, -0.05) is 18.7 Å². The highest BCUT2D eigenvalue weighted by atomic mass is 16.5. The van der Waals surface area contributed by atoms with Crippen LogP contribution in [0.5, 0.6) is 5.75 Å². The van der Waals surface area contributed by atoms with Crippen LogP contribution in [0, 0.1) is 0 Å². The monoisotopic (exact) mass is 277 g/mol. The number of carbonyl (C=O) groups is 2. The number of benzene rings is 1. The van der Waals surface area contributed by atoms with Crippen LogP contribution in [-0.4, -0.2) is 38.5 Å². The zero-order valence-electron chi connectivity index (χ0n) is 11.8. The van der Waals surface area contributed by atoms with Crippen molar-refractivity contribution in [3.8, 4) is 5.75 Å². The summed E-state index contributed by atoms with van der Waals surface area (Å²) in [6.07, 6.45) is 0. The van der Waals surface area contributed by atoms with E-state index < -0.39 is 5.97 Å². The molecule has 0 heterocycles. The normalized spacial score (nSPS) is 11.7. The molecule has 0 aromatic heterocycles. The molecular weight excluding hydrogens is 258 g/mol. The first kappa shape index (κ1) is 15.9. The Balaban J connectivity index is 2.76. The summed E-state index contributed by atoms with van der Waals surface area (Å²) in [6, 6.07) is 6.91. The van der Waals surface area contributed by atoms with Crippen LogP contribution in [0.25, 0.3) is 0 Å². The third-order valence-corrected chi connectivity index (χ3v) is 2.57. The predicted molar refractivity (Wildman–Crippen MR) is 72.7 cm³/mol. The van der Waals surface area contributed by atoms with Crippen molar-refractivity contribution in [3.05, 3.63) is 42.0 Å². The number of hydrogen-bond acceptors (Lipinski definition) is 4. The van der Waals surface area contributed by atoms with E-state index in [2.05, 4.69) is 6.58 Å². The standard InChI is InChI=1S/C15H19NO4/c1-11(2)10-20-14-7-5-4-6-12(14)13(17)8-16(3)9-15(18)19/h4-7H,1,8-10H2,2-3H3,(H,18,19). The molecule has 0 bridgehead atoms. The average molecular weight is 277 g/mol. The Hall–Kier alpha value is -2.14. The molecule has 0 aliphatic rings. The van der Waals surface area contributed by atoms with E-state index in [1.807, 2.05) is 6.92 Å². The van der Waals surface area contributed by atoms with Gasteiger partial charge in [0.25, 0.3) is 0 Å². The lowest BCUT2D eigenvalue weighted by atomic mass is 10.1. The molecule has 0 aliphatic carbocycles. The average Bonchev–Trinajstić information content (AvgIpc) is 2.35. The number of Topliss-reactive ketones (excluding diaryl/α,β-unsaturated/α-hetero) is 1. The molecule has 20 heavy (non-hydrogen) atoms. The van der Waals surface area contributed by atoms with Crippen molar-refractivity contribution in [1.29, 1.82) is 0 Å². The van der Waals surface area contributed by atoms with Gasteiger partial charge in [-0.05, 0) is 24.6 Å². The quantitative estimate of drug-likeness (QED) is 0.493. The number of aliphatic carboxylic acids is 1. The van der Waals surface area contributed by atoms with Crippen molar-refractivity contribution in [3.63, 3.8) is 0 Å². The summed E-state index contributed by atoms with van der Waals surface area (Å²) in [7, 11) is 1.63. The van der Waals surface area contributed by atoms with Crippen molar-refractivity contribution in [2.45, 2.75) is 6.92 Å². The van der Waals surface area contributed by atoms with Crippen LogP contribution in [0.4, 0.5) is 0 Å². The number of nitrogens with one attached hydrogen (secondary N) is 1. The first-order valence-electron chi connectivity index (χ1n) is 6.30. The lowest BCUT2D eigenvalue weighted by molar-refractivity contribution is -0.864. The van der Waals surface area contributed by atoms with Crippen LogP contribution in [-0.2, 0) is 4.79 Å². The smallest absolute Gasteiger partial charge is 0.220 e. The van der Waals surface area contributed by atoms with Gasteiger partial charge in [0.05, 0.1) is 18.6 Å². The Bertz CT molecular complexity index is 510. The van der Waals surface area contributed by atoms with E-state index in [0.29, 0.717) is 22.8 Å². The van der Waals surface area contributed by atoms with Gasteiger partial charge in [0, 0.05) is 0 Å². The Morgan fingerprint density at radius 2 is 1.95 bits per heavy atom. The Kier molecular flexibility index (Phi) is 5.93. The SMILES string of the molecule is C=C(C)COc1ccccc1C(=O)C[NH+](C)CC(=O)[O-]. The van der Waals surface area contributed by atoms with Crippen molar-refractivity contribution >= 4 is 11.8 Å². The number of carboxylic acids is 1. The zero-order valence-corrected chi connectivity index (χ0v) is 11.8. The largest absolute Gasteiger partial charge is 0.544 e. The minimum Gasteiger partial charge on any atom is -0.544 e. The molecule has 0 radical (unpaired) electrons. The van der Waals surface area contributed by atoms with Crippen LogP contribution in [0.15, 0.2) is 36.4 Å². The number of hydrogen-bond donors (Lipinski definition) is 1. The molecule has 0 spiro atoms. The second-order valence-corrected chi connectivity index (χ2v) is 4.85. The number of quaternary nitrogens is 1. The summed E-state index contributed by atoms with van der Waals surface area (Å²) in [5, 5.41) is 10.5. The molecule has 5 heteroatoms. The van der Waals surface area contributed by atoms with Gasteiger partial charge < -0.3 is 19.5 Å². The minimum atomic E-state index is -1.18. The Morgan fingerprint density at radius 1 is 1.30 bits per heavy atom. The Morgan fingerprint density at radius 3 is 2.55 bits per heavy atom. The van der Waals surface area contributed by atoms with Gasteiger partial charge in [0.2, 0.25) is 5.78 Å². The molecule has 1 aromatic carbocycles. The fourth-order valence-electron chi connectivity index (χ4n) is 1.70. The maximum atomic E-state index is 12.2. The summed E-state index contributed by atoms with van der Waals surface area (Å²) in [6.45, 7) is 5.78. The van der Waals surface area contributed by atoms with Crippen molar-refractivity contribution < 1.29 is 24.3 Å². The van der Waals surface area contributed by atoms with Gasteiger partial charge in [-0.2, -0.15) is 0 Å². The maximum absolute atomic E-state index is 12.2. The lowest BCUT2D eigenvalue weighted by Crippen LogP contribution is -3.11. The van der Waals surface area contributed by atoms with E-state index in [-0.39, 0.29) is 18.9 Å². The summed E-state index contributed by atoms with van der Waals surface area (Å²) >= 11 is 0. The first-order valence-corrected chi connectivity index (χ1v) is 6.30. The summed E-state index contributed by atoms with van der Waals surface area (Å²) in [5.74, 6) is -0.857. The number of likely N-dealkylation sites (N-methyl/N-ethyl adjacent to an activating group) is 1. The number of carboxylic acid groups (broad SMARTS) is 1. The number of ether oxygens (including phenoxy) is 1. The Labute approximate surface area is 118 Å². The van der Waals surface area contributed by atoms with E-state index in [4.69, 9.17) is 4.74 Å². The first-order chi connectivity index (χ1) is 9.40. The van der Waals surface area contributed by atoms with Crippen LogP contribution >= 0.6 is 0 Å². The number of carbonyl (C=O) groups excluding carboxylic acids is 2. The third-order valence-electron chi connectivity index (χ3n) is 2.57. The van der Waals surface area contributed by atoms with Gasteiger partial charge >= 0.3 is 0 Å². The van der Waals surface area contributed by atoms with E-state index in [1.165, 1.54) is 0 Å². The highest BCUT2D eigenvalue weighted by molar-refractivity contribution is 5.99. The third kappa shape index (κ3) is 5.24. The fourth-order valence-corrected chi connectivity index (χ4v) is 1.70. The molecule has 1 aromatic rings. The van der Waals surface area contributed by atoms with Gasteiger partial charge in [0.1, 0.15) is 25.4 Å². The summed E-state index contributed by atoms with van der Waals surface area (Å²) < 4.78 is 5.52. The molecule has 1 unspecified atom stereocenters. The zero-order chi connectivity index (χ0) is 15.1. The molecule has 0 amide bonds. The van der Waals surface area contributed by atoms with Gasteiger partial charge in [-0.3, -0.25) is 4.79 Å². The lowest BCUT2D eigenvalue weighted by Gasteiger charge is -2.15. The number of rotatable bonds is 8. The molecule has 1 N–H and O–H groups in total. The minimum absolute atomic E-state index is 0.0709. The van der Waals surface area contributed by atoms with Gasteiger partial charge in [-0.15, -0.1) is 0 Å². The van der Waals surface area contributed by atoms with Crippen molar-refractivity contribution in [2.75, 3.05) is 26.7 Å². The fraction of sp³-hybridized carbons (Fsp3) is 0.333. The highest BCUT2D eigenvalue weighted by Crippen LogP contribution is 2.18. The number of para-hydroxylation sites is 1. The summed E-state index contributed by atoms with van der Waals surface area (Å²) in [4.78, 5) is 23.2. The van der Waals surface area contributed by atoms with Crippen molar-refractivity contribution in [1.82, 2.24) is 0 Å². The maximum Gasteiger partial charge on any atom is 0.220 e. The van der Waals surface area contributed by atoms with Crippen LogP contribution in [0.1, 0.15) is 17.3 Å². The van der Waals surface area contributed by atoms with Gasteiger partial charge in [-0.25, -0.2) is 0 Å². The van der Waals surface area contributed by atoms with E-state index >= 15 is 0 Å². The second-order valence-electron chi connectivity index (χ2n) is 4.85. The van der Waals surface area contributed by atoms with E-state index in [0.717, 1.165) is 5.57 Å². The summed E-state index contributed by atoms with van der Waals surface area (Å²) in [5.41, 5.74) is 1.30. The second kappa shape index (κ2) is 7.45. The van der Waals surface area contributed by atoms with E-state index in [1.54, 1.807) is 31.3 Å². The van der Waals surface area contributed by atoms with Crippen molar-refractivity contribution in [2.24, 2.45) is 0 Å². The highest BCUT2D eigenvalue weighted by Gasteiger charge is 2.16. The number of ketones is 1. The van der Waals surface area contributed by atoms with Crippen LogP contribution in [0.3, 0.4) is 0 Å². The molecule has 0 aliphatic heterocycles. The molecular formula is C15H19NO4. The molecule has 0 fully saturated rings. The predicted octanol–water partition coefficient (Wildman–Crippen LogP) is -0.911. The molecule has 1 rings (SSSR count). The van der Waals surface area contributed by atoms with E-state index in [9.17, 15) is 14.7 Å². The molecule has 108 valence electrons.